The first kappa shape index (κ1) is 16.3. The Balaban J connectivity index is 1.50. The van der Waals surface area contributed by atoms with Crippen molar-refractivity contribution in [2.24, 2.45) is 5.92 Å². The van der Waals surface area contributed by atoms with Gasteiger partial charge in [-0.05, 0) is 36.6 Å². The highest BCUT2D eigenvalue weighted by atomic mass is 32.2. The van der Waals surface area contributed by atoms with Crippen LogP contribution in [0.5, 0.6) is 0 Å². The lowest BCUT2D eigenvalue weighted by atomic mass is 9.87. The Morgan fingerprint density at radius 1 is 1.30 bits per heavy atom. The standard InChI is InChI=1S/C18H22N2O2S/c21-15-6-3-4-13(10-15)11-20-17(22)12-23-18-16-7-2-1-5-14(16)8-9-19-18/h1-2,5,7-9,13,15,21H,3-4,6,10-12H2,(H,20,22). The number of amides is 1. The van der Waals surface area contributed by atoms with E-state index in [4.69, 9.17) is 0 Å². The first-order valence-corrected chi connectivity index (χ1v) is 9.12. The Morgan fingerprint density at radius 3 is 3.04 bits per heavy atom. The quantitative estimate of drug-likeness (QED) is 0.827. The number of aliphatic hydroxyl groups excluding tert-OH is 1. The number of nitrogens with one attached hydrogen (secondary N) is 1. The number of hydrogen-bond acceptors (Lipinski definition) is 4. The van der Waals surface area contributed by atoms with Crippen molar-refractivity contribution in [2.75, 3.05) is 12.3 Å². The van der Waals surface area contributed by atoms with E-state index in [-0.39, 0.29) is 12.0 Å². The van der Waals surface area contributed by atoms with Crippen LogP contribution >= 0.6 is 11.8 Å². The molecule has 122 valence electrons. The van der Waals surface area contributed by atoms with Gasteiger partial charge in [-0.3, -0.25) is 4.79 Å². The molecule has 2 aromatic rings. The van der Waals surface area contributed by atoms with Crippen LogP contribution < -0.4 is 5.32 Å². The molecule has 1 aliphatic rings. The van der Waals surface area contributed by atoms with Gasteiger partial charge in [-0.2, -0.15) is 0 Å². The maximum Gasteiger partial charge on any atom is 0.230 e. The molecule has 0 spiro atoms. The maximum atomic E-state index is 12.1. The van der Waals surface area contributed by atoms with E-state index in [1.165, 1.54) is 11.8 Å². The summed E-state index contributed by atoms with van der Waals surface area (Å²) >= 11 is 1.47. The van der Waals surface area contributed by atoms with Gasteiger partial charge in [-0.25, -0.2) is 4.98 Å². The summed E-state index contributed by atoms with van der Waals surface area (Å²) in [6.45, 7) is 0.666. The molecule has 2 atom stereocenters. The van der Waals surface area contributed by atoms with Crippen LogP contribution in [0.1, 0.15) is 25.7 Å². The summed E-state index contributed by atoms with van der Waals surface area (Å²) in [4.78, 5) is 16.4. The number of nitrogens with zero attached hydrogens (tertiary/aromatic N) is 1. The van der Waals surface area contributed by atoms with E-state index in [1.54, 1.807) is 6.20 Å². The third-order valence-electron chi connectivity index (χ3n) is 4.32. The van der Waals surface area contributed by atoms with Crippen molar-refractivity contribution in [2.45, 2.75) is 36.8 Å². The van der Waals surface area contributed by atoms with Crippen LogP contribution in [-0.2, 0) is 4.79 Å². The molecule has 1 amide bonds. The molecule has 1 aliphatic carbocycles. The van der Waals surface area contributed by atoms with Crippen molar-refractivity contribution in [1.29, 1.82) is 0 Å². The second-order valence-electron chi connectivity index (χ2n) is 6.12. The van der Waals surface area contributed by atoms with Crippen molar-refractivity contribution in [3.05, 3.63) is 36.5 Å². The fourth-order valence-corrected chi connectivity index (χ4v) is 3.94. The zero-order chi connectivity index (χ0) is 16.1. The van der Waals surface area contributed by atoms with Crippen LogP contribution in [0.4, 0.5) is 0 Å². The summed E-state index contributed by atoms with van der Waals surface area (Å²) in [5, 5.41) is 15.8. The number of fused-ring (bicyclic) bond motifs is 1. The van der Waals surface area contributed by atoms with Crippen molar-refractivity contribution in [3.63, 3.8) is 0 Å². The summed E-state index contributed by atoms with van der Waals surface area (Å²) in [6, 6.07) is 10.1. The highest BCUT2D eigenvalue weighted by molar-refractivity contribution is 8.00. The number of hydrogen-bond donors (Lipinski definition) is 2. The molecular weight excluding hydrogens is 308 g/mol. The molecule has 5 heteroatoms. The van der Waals surface area contributed by atoms with E-state index >= 15 is 0 Å². The van der Waals surface area contributed by atoms with Crippen LogP contribution in [0.3, 0.4) is 0 Å². The van der Waals surface area contributed by atoms with Crippen LogP contribution in [0.2, 0.25) is 0 Å². The maximum absolute atomic E-state index is 12.1. The van der Waals surface area contributed by atoms with Gasteiger partial charge in [0, 0.05) is 18.1 Å². The smallest absolute Gasteiger partial charge is 0.230 e. The molecule has 2 N–H and O–H groups in total. The Hall–Kier alpha value is -1.59. The van der Waals surface area contributed by atoms with E-state index in [0.717, 1.165) is 41.5 Å². The predicted octanol–water partition coefficient (Wildman–Crippen LogP) is 2.99. The molecule has 1 aromatic heterocycles. The minimum atomic E-state index is -0.195. The Morgan fingerprint density at radius 2 is 2.17 bits per heavy atom. The molecule has 2 unspecified atom stereocenters. The average molecular weight is 330 g/mol. The molecule has 3 rings (SSSR count). The molecule has 0 bridgehead atoms. The molecule has 0 radical (unpaired) electrons. The van der Waals surface area contributed by atoms with Gasteiger partial charge in [-0.1, -0.05) is 42.4 Å². The second kappa shape index (κ2) is 7.79. The van der Waals surface area contributed by atoms with E-state index < -0.39 is 0 Å². The molecule has 0 saturated heterocycles. The lowest BCUT2D eigenvalue weighted by molar-refractivity contribution is -0.118. The number of rotatable bonds is 5. The molecule has 23 heavy (non-hydrogen) atoms. The van der Waals surface area contributed by atoms with Gasteiger partial charge in [0.15, 0.2) is 0 Å². The Bertz CT molecular complexity index is 672. The van der Waals surface area contributed by atoms with Gasteiger partial charge in [0.05, 0.1) is 11.9 Å². The average Bonchev–Trinajstić information content (AvgIpc) is 2.58. The topological polar surface area (TPSA) is 62.2 Å². The molecule has 1 heterocycles. The third kappa shape index (κ3) is 4.45. The summed E-state index contributed by atoms with van der Waals surface area (Å²) in [7, 11) is 0. The van der Waals surface area contributed by atoms with Crippen LogP contribution in [0.15, 0.2) is 41.6 Å². The molecule has 1 fully saturated rings. The van der Waals surface area contributed by atoms with E-state index in [0.29, 0.717) is 18.2 Å². The lowest BCUT2D eigenvalue weighted by Gasteiger charge is -2.25. The predicted molar refractivity (Wildman–Crippen MR) is 93.4 cm³/mol. The summed E-state index contributed by atoms with van der Waals surface area (Å²) < 4.78 is 0. The van der Waals surface area contributed by atoms with Crippen molar-refractivity contribution in [3.8, 4) is 0 Å². The highest BCUT2D eigenvalue weighted by Crippen LogP contribution is 2.26. The van der Waals surface area contributed by atoms with Gasteiger partial charge in [0.1, 0.15) is 5.03 Å². The number of carbonyl (C=O) groups excluding carboxylic acids is 1. The number of carbonyl (C=O) groups is 1. The summed E-state index contributed by atoms with van der Waals surface area (Å²) in [5.74, 6) is 0.809. The minimum Gasteiger partial charge on any atom is -0.393 e. The number of aromatic nitrogens is 1. The zero-order valence-corrected chi connectivity index (χ0v) is 13.9. The molecular formula is C18H22N2O2S. The van der Waals surface area contributed by atoms with Gasteiger partial charge < -0.3 is 10.4 Å². The first-order chi connectivity index (χ1) is 11.2. The number of thioether (sulfide) groups is 1. The summed E-state index contributed by atoms with van der Waals surface area (Å²) in [5.41, 5.74) is 0. The highest BCUT2D eigenvalue weighted by Gasteiger charge is 2.20. The first-order valence-electron chi connectivity index (χ1n) is 8.13. The number of benzene rings is 1. The van der Waals surface area contributed by atoms with Crippen LogP contribution in [0, 0.1) is 5.92 Å². The van der Waals surface area contributed by atoms with Crippen molar-refractivity contribution in [1.82, 2.24) is 10.3 Å². The zero-order valence-electron chi connectivity index (χ0n) is 13.1. The SMILES string of the molecule is O=C(CSc1nccc2ccccc12)NCC1CCCC(O)C1. The Labute approximate surface area is 140 Å². The largest absolute Gasteiger partial charge is 0.393 e. The van der Waals surface area contributed by atoms with E-state index in [9.17, 15) is 9.90 Å². The number of aliphatic hydroxyl groups is 1. The fraction of sp³-hybridized carbons (Fsp3) is 0.444. The van der Waals surface area contributed by atoms with Gasteiger partial charge in [0.25, 0.3) is 0 Å². The van der Waals surface area contributed by atoms with Gasteiger partial charge in [0.2, 0.25) is 5.91 Å². The van der Waals surface area contributed by atoms with Crippen LogP contribution in [-0.4, -0.2) is 34.4 Å². The minimum absolute atomic E-state index is 0.0322. The molecule has 0 aliphatic heterocycles. The summed E-state index contributed by atoms with van der Waals surface area (Å²) in [6.07, 6.45) is 5.43. The third-order valence-corrected chi connectivity index (χ3v) is 5.33. The Kier molecular flexibility index (Phi) is 5.51. The van der Waals surface area contributed by atoms with Crippen LogP contribution in [0.25, 0.3) is 10.8 Å². The number of pyridine rings is 1. The normalized spacial score (nSPS) is 21.3. The van der Waals surface area contributed by atoms with Gasteiger partial charge >= 0.3 is 0 Å². The monoisotopic (exact) mass is 330 g/mol. The molecule has 1 saturated carbocycles. The lowest BCUT2D eigenvalue weighted by Crippen LogP contribution is -2.33. The van der Waals surface area contributed by atoms with Crippen molar-refractivity contribution < 1.29 is 9.90 Å². The van der Waals surface area contributed by atoms with Gasteiger partial charge in [-0.15, -0.1) is 0 Å². The van der Waals surface area contributed by atoms with E-state index in [1.807, 2.05) is 24.3 Å². The fourth-order valence-electron chi connectivity index (χ4n) is 3.10. The molecule has 4 nitrogen and oxygen atoms in total. The van der Waals surface area contributed by atoms with Crippen molar-refractivity contribution >= 4 is 28.4 Å². The second-order valence-corrected chi connectivity index (χ2v) is 7.08. The van der Waals surface area contributed by atoms with E-state index in [2.05, 4.69) is 16.4 Å². The molecule has 1 aromatic carbocycles.